The van der Waals surface area contributed by atoms with Gasteiger partial charge in [0, 0.05) is 30.4 Å². The first-order valence-electron chi connectivity index (χ1n) is 9.11. The van der Waals surface area contributed by atoms with Gasteiger partial charge in [-0.05, 0) is 30.7 Å². The molecule has 144 valence electrons. The van der Waals surface area contributed by atoms with E-state index in [0.29, 0.717) is 22.4 Å². The molecule has 0 atom stereocenters. The van der Waals surface area contributed by atoms with Crippen molar-refractivity contribution in [3.63, 3.8) is 0 Å². The Kier molecular flexibility index (Phi) is 4.83. The SMILES string of the molecule is CC(=O)Nc1oc(-c2cccc(-c3ccc(C)cc3)c2O)nc1-c1cccnc1. The predicted octanol–water partition coefficient (Wildman–Crippen LogP) is 5.04. The average molecular weight is 385 g/mol. The van der Waals surface area contributed by atoms with E-state index >= 15 is 0 Å². The smallest absolute Gasteiger partial charge is 0.233 e. The fraction of sp³-hybridized carbons (Fsp3) is 0.0870. The molecule has 1 amide bonds. The molecule has 2 aromatic carbocycles. The summed E-state index contributed by atoms with van der Waals surface area (Å²) in [6.07, 6.45) is 3.29. The Balaban J connectivity index is 1.83. The largest absolute Gasteiger partial charge is 0.506 e. The number of amides is 1. The number of phenols is 1. The Bertz CT molecular complexity index is 1170. The second kappa shape index (κ2) is 7.59. The summed E-state index contributed by atoms with van der Waals surface area (Å²) in [7, 11) is 0. The highest BCUT2D eigenvalue weighted by Gasteiger charge is 2.21. The quantitative estimate of drug-likeness (QED) is 0.514. The topological polar surface area (TPSA) is 88.2 Å². The summed E-state index contributed by atoms with van der Waals surface area (Å²) >= 11 is 0. The molecular formula is C23H19N3O3. The highest BCUT2D eigenvalue weighted by Crippen LogP contribution is 2.40. The van der Waals surface area contributed by atoms with E-state index in [4.69, 9.17) is 4.42 Å². The van der Waals surface area contributed by atoms with Gasteiger partial charge in [0.2, 0.25) is 17.7 Å². The molecule has 0 aliphatic heterocycles. The lowest BCUT2D eigenvalue weighted by Crippen LogP contribution is -2.05. The summed E-state index contributed by atoms with van der Waals surface area (Å²) in [5, 5.41) is 13.6. The van der Waals surface area contributed by atoms with E-state index in [1.54, 1.807) is 24.5 Å². The molecule has 0 aliphatic rings. The minimum atomic E-state index is -0.282. The van der Waals surface area contributed by atoms with Gasteiger partial charge in [-0.25, -0.2) is 4.98 Å². The molecule has 0 saturated carbocycles. The van der Waals surface area contributed by atoms with E-state index in [1.807, 2.05) is 49.4 Å². The number of rotatable bonds is 4. The van der Waals surface area contributed by atoms with Crippen molar-refractivity contribution in [3.8, 4) is 39.6 Å². The second-order valence-corrected chi connectivity index (χ2v) is 6.69. The third-order valence-corrected chi connectivity index (χ3v) is 4.48. The van der Waals surface area contributed by atoms with Crippen LogP contribution < -0.4 is 5.32 Å². The third-order valence-electron chi connectivity index (χ3n) is 4.48. The maximum absolute atomic E-state index is 11.6. The number of nitrogens with one attached hydrogen (secondary N) is 1. The molecule has 0 fully saturated rings. The van der Waals surface area contributed by atoms with E-state index in [1.165, 1.54) is 6.92 Å². The van der Waals surface area contributed by atoms with Crippen molar-refractivity contribution < 1.29 is 14.3 Å². The van der Waals surface area contributed by atoms with Crippen LogP contribution in [0.2, 0.25) is 0 Å². The first-order chi connectivity index (χ1) is 14.0. The fourth-order valence-electron chi connectivity index (χ4n) is 3.06. The summed E-state index contributed by atoms with van der Waals surface area (Å²) < 4.78 is 5.83. The van der Waals surface area contributed by atoms with Gasteiger partial charge in [-0.1, -0.05) is 42.0 Å². The van der Waals surface area contributed by atoms with Gasteiger partial charge in [-0.2, -0.15) is 0 Å². The zero-order valence-electron chi connectivity index (χ0n) is 16.0. The molecule has 0 bridgehead atoms. The molecule has 6 heteroatoms. The number of oxazole rings is 1. The lowest BCUT2D eigenvalue weighted by molar-refractivity contribution is -0.114. The Morgan fingerprint density at radius 1 is 1.00 bits per heavy atom. The monoisotopic (exact) mass is 385 g/mol. The zero-order chi connectivity index (χ0) is 20.4. The Morgan fingerprint density at radius 3 is 2.45 bits per heavy atom. The van der Waals surface area contributed by atoms with E-state index < -0.39 is 0 Å². The van der Waals surface area contributed by atoms with E-state index in [0.717, 1.165) is 11.1 Å². The van der Waals surface area contributed by atoms with E-state index in [2.05, 4.69) is 15.3 Å². The van der Waals surface area contributed by atoms with Gasteiger partial charge < -0.3 is 9.52 Å². The van der Waals surface area contributed by atoms with Crippen molar-refractivity contribution in [1.82, 2.24) is 9.97 Å². The van der Waals surface area contributed by atoms with Crippen LogP contribution in [0.4, 0.5) is 5.88 Å². The van der Waals surface area contributed by atoms with E-state index in [9.17, 15) is 9.90 Å². The molecule has 2 heterocycles. The summed E-state index contributed by atoms with van der Waals surface area (Å²) in [5.74, 6) is 0.194. The number of aromatic hydroxyl groups is 1. The molecule has 0 spiro atoms. The molecule has 0 unspecified atom stereocenters. The van der Waals surface area contributed by atoms with Gasteiger partial charge in [0.05, 0.1) is 5.56 Å². The molecule has 29 heavy (non-hydrogen) atoms. The molecule has 0 aliphatic carbocycles. The number of pyridine rings is 1. The number of hydrogen-bond acceptors (Lipinski definition) is 5. The number of anilines is 1. The third kappa shape index (κ3) is 3.73. The summed E-state index contributed by atoms with van der Waals surface area (Å²) in [5.41, 5.74) is 4.27. The van der Waals surface area contributed by atoms with Crippen LogP contribution in [0.3, 0.4) is 0 Å². The Morgan fingerprint density at radius 2 is 1.76 bits per heavy atom. The van der Waals surface area contributed by atoms with Crippen LogP contribution in [-0.4, -0.2) is 21.0 Å². The lowest BCUT2D eigenvalue weighted by Gasteiger charge is -2.08. The van der Waals surface area contributed by atoms with Crippen molar-refractivity contribution in [2.45, 2.75) is 13.8 Å². The molecule has 4 rings (SSSR count). The molecule has 2 aromatic heterocycles. The lowest BCUT2D eigenvalue weighted by atomic mass is 10.0. The minimum Gasteiger partial charge on any atom is -0.506 e. The highest BCUT2D eigenvalue weighted by atomic mass is 16.4. The maximum atomic E-state index is 11.6. The van der Waals surface area contributed by atoms with Crippen molar-refractivity contribution in [1.29, 1.82) is 0 Å². The molecule has 4 aromatic rings. The van der Waals surface area contributed by atoms with Crippen LogP contribution in [0.1, 0.15) is 12.5 Å². The second-order valence-electron chi connectivity index (χ2n) is 6.69. The minimum absolute atomic E-state index is 0.0599. The van der Waals surface area contributed by atoms with Gasteiger partial charge in [-0.3, -0.25) is 15.1 Å². The Labute approximate surface area is 167 Å². The molecular weight excluding hydrogens is 366 g/mol. The maximum Gasteiger partial charge on any atom is 0.233 e. The van der Waals surface area contributed by atoms with Crippen LogP contribution >= 0.6 is 0 Å². The van der Waals surface area contributed by atoms with Crippen molar-refractivity contribution in [2.75, 3.05) is 5.32 Å². The molecule has 6 nitrogen and oxygen atoms in total. The fourth-order valence-corrected chi connectivity index (χ4v) is 3.06. The van der Waals surface area contributed by atoms with Crippen LogP contribution in [-0.2, 0) is 4.79 Å². The molecule has 2 N–H and O–H groups in total. The number of aromatic nitrogens is 2. The molecule has 0 saturated heterocycles. The summed E-state index contributed by atoms with van der Waals surface area (Å²) in [6.45, 7) is 3.40. The van der Waals surface area contributed by atoms with Crippen LogP contribution in [0, 0.1) is 6.92 Å². The number of nitrogens with zero attached hydrogens (tertiary/aromatic N) is 2. The Hall–Kier alpha value is -3.93. The number of aryl methyl sites for hydroxylation is 1. The number of carbonyl (C=O) groups excluding carboxylic acids is 1. The van der Waals surface area contributed by atoms with Crippen LogP contribution in [0.25, 0.3) is 33.8 Å². The first kappa shape index (κ1) is 18.4. The average Bonchev–Trinajstić information content (AvgIpc) is 3.12. The van der Waals surface area contributed by atoms with Gasteiger partial charge in [0.1, 0.15) is 11.4 Å². The number of carbonyl (C=O) groups is 1. The number of benzene rings is 2. The standard InChI is InChI=1S/C23H19N3O3/c1-14-8-10-16(11-9-14)18-6-3-7-19(21(18)28)22-26-20(17-5-4-12-24-13-17)23(29-22)25-15(2)27/h3-13,28H,1-2H3,(H,25,27). The number of phenolic OH excluding ortho intramolecular Hbond substituents is 1. The van der Waals surface area contributed by atoms with Gasteiger partial charge in [0.15, 0.2) is 0 Å². The van der Waals surface area contributed by atoms with Gasteiger partial charge in [0.25, 0.3) is 0 Å². The number of para-hydroxylation sites is 1. The van der Waals surface area contributed by atoms with Crippen molar-refractivity contribution >= 4 is 11.8 Å². The normalized spacial score (nSPS) is 10.7. The van der Waals surface area contributed by atoms with Crippen LogP contribution in [0.5, 0.6) is 5.75 Å². The first-order valence-corrected chi connectivity index (χ1v) is 9.11. The van der Waals surface area contributed by atoms with Crippen LogP contribution in [0.15, 0.2) is 71.4 Å². The van der Waals surface area contributed by atoms with Crippen molar-refractivity contribution in [3.05, 3.63) is 72.6 Å². The number of hydrogen-bond donors (Lipinski definition) is 2. The highest BCUT2D eigenvalue weighted by molar-refractivity contribution is 5.92. The summed E-state index contributed by atoms with van der Waals surface area (Å²) in [4.78, 5) is 20.2. The van der Waals surface area contributed by atoms with E-state index in [-0.39, 0.29) is 23.4 Å². The molecule has 0 radical (unpaired) electrons. The predicted molar refractivity (Wildman–Crippen MR) is 111 cm³/mol. The zero-order valence-corrected chi connectivity index (χ0v) is 16.0. The van der Waals surface area contributed by atoms with Gasteiger partial charge in [-0.15, -0.1) is 0 Å². The summed E-state index contributed by atoms with van der Waals surface area (Å²) in [6, 6.07) is 16.9. The van der Waals surface area contributed by atoms with Crippen molar-refractivity contribution in [2.24, 2.45) is 0 Å². The van der Waals surface area contributed by atoms with Gasteiger partial charge >= 0.3 is 0 Å².